The van der Waals surface area contributed by atoms with Crippen molar-refractivity contribution in [3.8, 4) is 0 Å². The summed E-state index contributed by atoms with van der Waals surface area (Å²) in [6, 6.07) is 4.10. The zero-order valence-electron chi connectivity index (χ0n) is 15.2. The minimum Gasteiger partial charge on any atom is -0.396 e. The fourth-order valence-corrected chi connectivity index (χ4v) is 4.28. The van der Waals surface area contributed by atoms with E-state index < -0.39 is 5.82 Å². The molecule has 2 saturated heterocycles. The number of rotatable bonds is 4. The largest absolute Gasteiger partial charge is 0.396 e. The van der Waals surface area contributed by atoms with Gasteiger partial charge in [-0.15, -0.1) is 0 Å². The molecule has 2 fully saturated rings. The van der Waals surface area contributed by atoms with Gasteiger partial charge in [-0.3, -0.25) is 9.69 Å². The van der Waals surface area contributed by atoms with Gasteiger partial charge in [-0.05, 0) is 38.0 Å². The Kier molecular flexibility index (Phi) is 6.17. The third kappa shape index (κ3) is 4.36. The Hall–Kier alpha value is -1.21. The van der Waals surface area contributed by atoms with E-state index in [1.807, 2.05) is 0 Å². The minimum atomic E-state index is -0.609. The van der Waals surface area contributed by atoms with Crippen molar-refractivity contribution >= 4 is 17.5 Å². The number of carbonyl (C=O) groups is 1. The molecule has 2 aliphatic heterocycles. The van der Waals surface area contributed by atoms with Gasteiger partial charge in [0.05, 0.1) is 17.8 Å². The second kappa shape index (κ2) is 8.21. The first kappa shape index (κ1) is 19.5. The highest BCUT2D eigenvalue weighted by atomic mass is 35.5. The van der Waals surface area contributed by atoms with Gasteiger partial charge in [-0.25, -0.2) is 4.39 Å². The monoisotopic (exact) mass is 384 g/mol. The Balaban J connectivity index is 1.67. The lowest BCUT2D eigenvalue weighted by atomic mass is 9.96. The van der Waals surface area contributed by atoms with E-state index in [0.29, 0.717) is 13.1 Å². The molecule has 3 rings (SSSR count). The molecule has 26 heavy (non-hydrogen) atoms. The molecule has 1 N–H and O–H groups in total. The van der Waals surface area contributed by atoms with Crippen LogP contribution in [0.5, 0.6) is 0 Å². The molecule has 7 heteroatoms. The maximum absolute atomic E-state index is 14.1. The Morgan fingerprint density at radius 3 is 2.50 bits per heavy atom. The Morgan fingerprint density at radius 2 is 1.88 bits per heavy atom. The minimum absolute atomic E-state index is 0.00256. The maximum atomic E-state index is 14.1. The molecule has 0 aromatic heterocycles. The molecule has 1 aromatic rings. The van der Waals surface area contributed by atoms with E-state index in [1.54, 1.807) is 4.90 Å². The Labute approximate surface area is 158 Å². The Bertz CT molecular complexity index is 650. The topological polar surface area (TPSA) is 53.0 Å². The summed E-state index contributed by atoms with van der Waals surface area (Å²) < 4.78 is 19.9. The zero-order chi connectivity index (χ0) is 18.8. The van der Waals surface area contributed by atoms with E-state index in [2.05, 4.69) is 18.7 Å². The number of benzene rings is 1. The van der Waals surface area contributed by atoms with Crippen molar-refractivity contribution in [1.29, 1.82) is 0 Å². The second-order valence-electron chi connectivity index (χ2n) is 7.51. The van der Waals surface area contributed by atoms with Gasteiger partial charge in [-0.1, -0.05) is 11.6 Å². The molecular weight excluding hydrogens is 359 g/mol. The number of hydrogen-bond acceptors (Lipinski definition) is 4. The molecule has 1 aromatic carbocycles. The van der Waals surface area contributed by atoms with Gasteiger partial charge in [0.1, 0.15) is 5.82 Å². The first-order valence-electron chi connectivity index (χ1n) is 9.10. The van der Waals surface area contributed by atoms with Gasteiger partial charge in [-0.2, -0.15) is 0 Å². The molecule has 0 aliphatic carbocycles. The normalized spacial score (nSPS) is 30.0. The highest BCUT2D eigenvalue weighted by molar-refractivity contribution is 6.30. The number of likely N-dealkylation sites (tertiary alicyclic amines) is 1. The zero-order valence-corrected chi connectivity index (χ0v) is 16.0. The molecule has 2 aliphatic rings. The van der Waals surface area contributed by atoms with E-state index >= 15 is 0 Å². The summed E-state index contributed by atoms with van der Waals surface area (Å²) in [7, 11) is 0. The van der Waals surface area contributed by atoms with Gasteiger partial charge in [0.25, 0.3) is 5.91 Å². The lowest BCUT2D eigenvalue weighted by Gasteiger charge is -2.37. The predicted molar refractivity (Wildman–Crippen MR) is 97.8 cm³/mol. The van der Waals surface area contributed by atoms with Crippen molar-refractivity contribution in [1.82, 2.24) is 9.80 Å². The van der Waals surface area contributed by atoms with Crippen LogP contribution in [0, 0.1) is 17.7 Å². The first-order chi connectivity index (χ1) is 12.4. The lowest BCUT2D eigenvalue weighted by molar-refractivity contribution is -0.0726. The summed E-state index contributed by atoms with van der Waals surface area (Å²) in [6.45, 7) is 7.59. The van der Waals surface area contributed by atoms with Crippen LogP contribution in [0.1, 0.15) is 24.2 Å². The van der Waals surface area contributed by atoms with Gasteiger partial charge in [0, 0.05) is 50.3 Å². The van der Waals surface area contributed by atoms with Crippen molar-refractivity contribution in [3.63, 3.8) is 0 Å². The smallest absolute Gasteiger partial charge is 0.256 e. The summed E-state index contributed by atoms with van der Waals surface area (Å²) in [6.07, 6.45) is 0.349. The van der Waals surface area contributed by atoms with Crippen LogP contribution in [0.4, 0.5) is 4.39 Å². The molecule has 1 amide bonds. The van der Waals surface area contributed by atoms with Crippen molar-refractivity contribution in [2.75, 3.05) is 39.3 Å². The highest BCUT2D eigenvalue weighted by Gasteiger charge is 2.37. The van der Waals surface area contributed by atoms with Crippen LogP contribution in [-0.4, -0.2) is 72.4 Å². The number of ether oxygens (including phenoxy) is 1. The first-order valence-corrected chi connectivity index (χ1v) is 9.48. The second-order valence-corrected chi connectivity index (χ2v) is 7.95. The molecule has 0 saturated carbocycles. The third-order valence-corrected chi connectivity index (χ3v) is 5.48. The average Bonchev–Trinajstić information content (AvgIpc) is 2.96. The SMILES string of the molecule is C[C@@H]1CN(C[C@H]2CN(C(=O)c3ccc(Cl)cc3F)C[C@H]2CO)C[C@H](C)O1. The van der Waals surface area contributed by atoms with Crippen molar-refractivity contribution in [3.05, 3.63) is 34.6 Å². The van der Waals surface area contributed by atoms with E-state index in [1.165, 1.54) is 12.1 Å². The van der Waals surface area contributed by atoms with Crippen LogP contribution in [0.25, 0.3) is 0 Å². The number of aliphatic hydroxyl groups excluding tert-OH is 1. The molecule has 5 nitrogen and oxygen atoms in total. The molecule has 0 bridgehead atoms. The number of amides is 1. The number of carbonyl (C=O) groups excluding carboxylic acids is 1. The summed E-state index contributed by atoms with van der Waals surface area (Å²) in [5, 5.41) is 10.0. The number of morpholine rings is 1. The fourth-order valence-electron chi connectivity index (χ4n) is 4.12. The van der Waals surface area contributed by atoms with Crippen LogP contribution < -0.4 is 0 Å². The molecule has 0 spiro atoms. The third-order valence-electron chi connectivity index (χ3n) is 5.25. The van der Waals surface area contributed by atoms with E-state index in [-0.39, 0.29) is 47.1 Å². The van der Waals surface area contributed by atoms with Gasteiger partial charge < -0.3 is 14.7 Å². The van der Waals surface area contributed by atoms with E-state index in [0.717, 1.165) is 25.7 Å². The van der Waals surface area contributed by atoms with Gasteiger partial charge in [0.2, 0.25) is 0 Å². The molecule has 0 unspecified atom stereocenters. The van der Waals surface area contributed by atoms with Crippen molar-refractivity contribution in [2.45, 2.75) is 26.1 Å². The molecule has 144 valence electrons. The highest BCUT2D eigenvalue weighted by Crippen LogP contribution is 2.27. The van der Waals surface area contributed by atoms with Crippen LogP contribution >= 0.6 is 11.6 Å². The molecule has 2 heterocycles. The van der Waals surface area contributed by atoms with Crippen molar-refractivity contribution in [2.24, 2.45) is 11.8 Å². The number of nitrogens with zero attached hydrogens (tertiary/aromatic N) is 2. The maximum Gasteiger partial charge on any atom is 0.256 e. The molecule has 0 radical (unpaired) electrons. The van der Waals surface area contributed by atoms with Crippen molar-refractivity contribution < 1.29 is 19.0 Å². The fraction of sp³-hybridized carbons (Fsp3) is 0.632. The number of hydrogen-bond donors (Lipinski definition) is 1. The summed E-state index contributed by atoms with van der Waals surface area (Å²) in [5.74, 6) is -0.786. The summed E-state index contributed by atoms with van der Waals surface area (Å²) in [5.41, 5.74) is 0.0281. The number of halogens is 2. The number of aliphatic hydroxyl groups is 1. The molecular formula is C19H26ClFN2O3. The van der Waals surface area contributed by atoms with Gasteiger partial charge in [0.15, 0.2) is 0 Å². The lowest BCUT2D eigenvalue weighted by Crippen LogP contribution is -2.48. The molecule has 4 atom stereocenters. The van der Waals surface area contributed by atoms with Crippen LogP contribution in [0.2, 0.25) is 5.02 Å². The Morgan fingerprint density at radius 1 is 1.23 bits per heavy atom. The summed E-state index contributed by atoms with van der Waals surface area (Å²) >= 11 is 5.77. The van der Waals surface area contributed by atoms with Crippen LogP contribution in [0.15, 0.2) is 18.2 Å². The quantitative estimate of drug-likeness (QED) is 0.865. The van der Waals surface area contributed by atoms with Crippen LogP contribution in [0.3, 0.4) is 0 Å². The van der Waals surface area contributed by atoms with E-state index in [9.17, 15) is 14.3 Å². The predicted octanol–water partition coefficient (Wildman–Crippen LogP) is 2.27. The van der Waals surface area contributed by atoms with Gasteiger partial charge >= 0.3 is 0 Å². The van der Waals surface area contributed by atoms with E-state index in [4.69, 9.17) is 16.3 Å². The summed E-state index contributed by atoms with van der Waals surface area (Å²) in [4.78, 5) is 16.7. The average molecular weight is 385 g/mol. The standard InChI is InChI=1S/C19H26ClFN2O3/c1-12-6-22(7-13(2)26-12)8-14-9-23(10-15(14)11-24)19(25)17-4-3-16(20)5-18(17)21/h3-5,12-15,24H,6-11H2,1-2H3/t12-,13+,14-,15-/m0/s1. The van der Waals surface area contributed by atoms with Crippen LogP contribution in [-0.2, 0) is 4.74 Å².